The molecule has 0 saturated carbocycles. The van der Waals surface area contributed by atoms with Crippen LogP contribution in [0.3, 0.4) is 0 Å². The van der Waals surface area contributed by atoms with Crippen molar-refractivity contribution in [3.8, 4) is 11.5 Å². The zero-order chi connectivity index (χ0) is 16.8. The lowest BCUT2D eigenvalue weighted by Gasteiger charge is -2.07. The number of amides is 1. The van der Waals surface area contributed by atoms with Crippen LogP contribution in [0.2, 0.25) is 5.02 Å². The van der Waals surface area contributed by atoms with Gasteiger partial charge < -0.3 is 9.84 Å². The lowest BCUT2D eigenvalue weighted by atomic mass is 10.2. The standard InChI is InChI=1S/C16H14BrClN2O3/c1-2-23-14-5-3-4-10(15(14)21)9-19-20-16(22)12-8-11(17)6-7-13(12)18/h3-9,21H,2H2,1H3,(H,20,22). The van der Waals surface area contributed by atoms with E-state index < -0.39 is 5.91 Å². The van der Waals surface area contributed by atoms with Crippen molar-refractivity contribution in [2.24, 2.45) is 5.10 Å². The molecule has 2 N–H and O–H groups in total. The van der Waals surface area contributed by atoms with Gasteiger partial charge in [0.05, 0.1) is 23.4 Å². The number of ether oxygens (including phenoxy) is 1. The molecule has 0 spiro atoms. The molecule has 0 atom stereocenters. The lowest BCUT2D eigenvalue weighted by Crippen LogP contribution is -2.18. The van der Waals surface area contributed by atoms with Crippen LogP contribution in [0.5, 0.6) is 11.5 Å². The highest BCUT2D eigenvalue weighted by Crippen LogP contribution is 2.28. The molecule has 0 fully saturated rings. The van der Waals surface area contributed by atoms with Gasteiger partial charge in [-0.05, 0) is 37.3 Å². The molecule has 0 bridgehead atoms. The van der Waals surface area contributed by atoms with Crippen LogP contribution < -0.4 is 10.2 Å². The number of rotatable bonds is 5. The SMILES string of the molecule is CCOc1cccc(C=NNC(=O)c2cc(Br)ccc2Cl)c1O. The largest absolute Gasteiger partial charge is 0.504 e. The Morgan fingerprint density at radius 2 is 2.22 bits per heavy atom. The van der Waals surface area contributed by atoms with E-state index in [0.717, 1.165) is 4.47 Å². The normalized spacial score (nSPS) is 10.7. The van der Waals surface area contributed by atoms with Crippen LogP contribution in [-0.4, -0.2) is 23.8 Å². The smallest absolute Gasteiger partial charge is 0.272 e. The van der Waals surface area contributed by atoms with Gasteiger partial charge in [-0.15, -0.1) is 0 Å². The van der Waals surface area contributed by atoms with Crippen molar-refractivity contribution < 1.29 is 14.6 Å². The summed E-state index contributed by atoms with van der Waals surface area (Å²) in [6.07, 6.45) is 1.33. The highest BCUT2D eigenvalue weighted by molar-refractivity contribution is 9.10. The number of hydrogen-bond acceptors (Lipinski definition) is 4. The van der Waals surface area contributed by atoms with Gasteiger partial charge in [-0.25, -0.2) is 5.43 Å². The van der Waals surface area contributed by atoms with Gasteiger partial charge in [0.1, 0.15) is 0 Å². The van der Waals surface area contributed by atoms with E-state index in [0.29, 0.717) is 28.5 Å². The van der Waals surface area contributed by atoms with Crippen LogP contribution >= 0.6 is 27.5 Å². The van der Waals surface area contributed by atoms with Gasteiger partial charge in [0.2, 0.25) is 0 Å². The van der Waals surface area contributed by atoms with Crippen LogP contribution in [0.1, 0.15) is 22.8 Å². The highest BCUT2D eigenvalue weighted by Gasteiger charge is 2.10. The fourth-order valence-electron chi connectivity index (χ4n) is 1.81. The number of halogens is 2. The first kappa shape index (κ1) is 17.3. The lowest BCUT2D eigenvalue weighted by molar-refractivity contribution is 0.0955. The number of carbonyl (C=O) groups is 1. The number of benzene rings is 2. The topological polar surface area (TPSA) is 70.9 Å². The van der Waals surface area contributed by atoms with Gasteiger partial charge >= 0.3 is 0 Å². The van der Waals surface area contributed by atoms with Gasteiger partial charge in [0, 0.05) is 10.0 Å². The van der Waals surface area contributed by atoms with Gasteiger partial charge in [0.15, 0.2) is 11.5 Å². The second-order valence-electron chi connectivity index (χ2n) is 4.45. The molecule has 2 aromatic carbocycles. The summed E-state index contributed by atoms with van der Waals surface area (Å²) in [5, 5.41) is 14.2. The highest BCUT2D eigenvalue weighted by atomic mass is 79.9. The number of aromatic hydroxyl groups is 1. The van der Waals surface area contributed by atoms with E-state index in [1.54, 1.807) is 36.4 Å². The van der Waals surface area contributed by atoms with Crippen LogP contribution in [-0.2, 0) is 0 Å². The molecule has 0 saturated heterocycles. The van der Waals surface area contributed by atoms with Crippen LogP contribution in [0.25, 0.3) is 0 Å². The number of nitrogens with zero attached hydrogens (tertiary/aromatic N) is 1. The van der Waals surface area contributed by atoms with E-state index in [2.05, 4.69) is 26.5 Å². The molecule has 2 rings (SSSR count). The van der Waals surface area contributed by atoms with E-state index in [-0.39, 0.29) is 5.75 Å². The Morgan fingerprint density at radius 1 is 1.43 bits per heavy atom. The summed E-state index contributed by atoms with van der Waals surface area (Å²) in [4.78, 5) is 12.0. The minimum atomic E-state index is -0.451. The molecule has 0 radical (unpaired) electrons. The summed E-state index contributed by atoms with van der Waals surface area (Å²) < 4.78 is 6.02. The van der Waals surface area contributed by atoms with Crippen LogP contribution in [0.4, 0.5) is 0 Å². The minimum absolute atomic E-state index is 0.0344. The van der Waals surface area contributed by atoms with Crippen molar-refractivity contribution >= 4 is 39.7 Å². The maximum Gasteiger partial charge on any atom is 0.272 e. The zero-order valence-corrected chi connectivity index (χ0v) is 14.6. The summed E-state index contributed by atoms with van der Waals surface area (Å²) in [6, 6.07) is 9.97. The fraction of sp³-hybridized carbons (Fsp3) is 0.125. The van der Waals surface area contributed by atoms with Crippen molar-refractivity contribution in [3.63, 3.8) is 0 Å². The molecule has 0 unspecified atom stereocenters. The monoisotopic (exact) mass is 396 g/mol. The average molecular weight is 398 g/mol. The molecule has 0 aliphatic heterocycles. The maximum absolute atomic E-state index is 12.0. The van der Waals surface area contributed by atoms with E-state index >= 15 is 0 Å². The Hall–Kier alpha value is -2.05. The number of phenols is 1. The number of nitrogens with one attached hydrogen (secondary N) is 1. The molecule has 7 heteroatoms. The summed E-state index contributed by atoms with van der Waals surface area (Å²) >= 11 is 9.26. The number of hydrazone groups is 1. The van der Waals surface area contributed by atoms with Crippen molar-refractivity contribution in [2.75, 3.05) is 6.61 Å². The van der Waals surface area contributed by atoms with Crippen molar-refractivity contribution in [2.45, 2.75) is 6.92 Å². The second-order valence-corrected chi connectivity index (χ2v) is 5.77. The Morgan fingerprint density at radius 3 is 2.96 bits per heavy atom. The first-order chi connectivity index (χ1) is 11.0. The van der Waals surface area contributed by atoms with Crippen LogP contribution in [0.15, 0.2) is 46.0 Å². The molecule has 0 aliphatic carbocycles. The van der Waals surface area contributed by atoms with Crippen molar-refractivity contribution in [1.29, 1.82) is 0 Å². The molecule has 23 heavy (non-hydrogen) atoms. The van der Waals surface area contributed by atoms with E-state index in [4.69, 9.17) is 16.3 Å². The van der Waals surface area contributed by atoms with Gasteiger partial charge in [0.25, 0.3) is 5.91 Å². The van der Waals surface area contributed by atoms with E-state index in [1.807, 2.05) is 6.92 Å². The molecule has 2 aromatic rings. The third-order valence-corrected chi connectivity index (χ3v) is 3.70. The Kier molecular flexibility index (Phi) is 6.01. The first-order valence-corrected chi connectivity index (χ1v) is 7.93. The van der Waals surface area contributed by atoms with Crippen molar-refractivity contribution in [3.05, 3.63) is 57.0 Å². The maximum atomic E-state index is 12.0. The number of hydrogen-bond donors (Lipinski definition) is 2. The zero-order valence-electron chi connectivity index (χ0n) is 12.2. The molecule has 1 amide bonds. The molecular weight excluding hydrogens is 384 g/mol. The molecular formula is C16H14BrClN2O3. The number of para-hydroxylation sites is 1. The van der Waals surface area contributed by atoms with Crippen LogP contribution in [0, 0.1) is 0 Å². The molecule has 0 heterocycles. The predicted molar refractivity (Wildman–Crippen MR) is 93.5 cm³/mol. The molecule has 0 aromatic heterocycles. The molecule has 5 nitrogen and oxygen atoms in total. The van der Waals surface area contributed by atoms with Gasteiger partial charge in [-0.1, -0.05) is 33.6 Å². The third-order valence-electron chi connectivity index (χ3n) is 2.87. The number of phenolic OH excluding ortho intramolecular Hbond substituents is 1. The summed E-state index contributed by atoms with van der Waals surface area (Å²) in [7, 11) is 0. The average Bonchev–Trinajstić information content (AvgIpc) is 2.53. The van der Waals surface area contributed by atoms with Gasteiger partial charge in [-0.2, -0.15) is 5.10 Å². The van der Waals surface area contributed by atoms with Gasteiger partial charge in [-0.3, -0.25) is 4.79 Å². The fourth-order valence-corrected chi connectivity index (χ4v) is 2.37. The Balaban J connectivity index is 2.11. The Labute approximate surface area is 147 Å². The molecule has 0 aliphatic rings. The minimum Gasteiger partial charge on any atom is -0.504 e. The third kappa shape index (κ3) is 4.46. The first-order valence-electron chi connectivity index (χ1n) is 6.76. The van der Waals surface area contributed by atoms with E-state index in [9.17, 15) is 9.90 Å². The second kappa shape index (κ2) is 7.99. The van der Waals surface area contributed by atoms with E-state index in [1.165, 1.54) is 6.21 Å². The molecule has 120 valence electrons. The summed E-state index contributed by atoms with van der Waals surface area (Å²) in [5.74, 6) is -0.126. The Bertz CT molecular complexity index is 750. The quantitative estimate of drug-likeness (QED) is 0.592. The summed E-state index contributed by atoms with van der Waals surface area (Å²) in [6.45, 7) is 2.26. The predicted octanol–water partition coefficient (Wildman–Crippen LogP) is 3.97. The van der Waals surface area contributed by atoms with Crippen molar-refractivity contribution in [1.82, 2.24) is 5.43 Å². The number of carbonyl (C=O) groups excluding carboxylic acids is 1. The summed E-state index contributed by atoms with van der Waals surface area (Å²) in [5.41, 5.74) is 3.09.